The van der Waals surface area contributed by atoms with Gasteiger partial charge in [0.1, 0.15) is 4.83 Å². The number of nitrogens with zero attached hydrogens (tertiary/aromatic N) is 1. The number of benzene rings is 1. The van der Waals surface area contributed by atoms with Gasteiger partial charge in [-0.3, -0.25) is 9.78 Å². The van der Waals surface area contributed by atoms with E-state index >= 15 is 0 Å². The van der Waals surface area contributed by atoms with E-state index in [0.717, 1.165) is 22.3 Å². The van der Waals surface area contributed by atoms with Gasteiger partial charge in [0.25, 0.3) is 0 Å². The molecule has 0 unspecified atom stereocenters. The van der Waals surface area contributed by atoms with Crippen LogP contribution in [-0.2, 0) is 0 Å². The van der Waals surface area contributed by atoms with Gasteiger partial charge in [-0.2, -0.15) is 0 Å². The summed E-state index contributed by atoms with van der Waals surface area (Å²) in [6.07, 6.45) is 3.41. The lowest BCUT2D eigenvalue weighted by Crippen LogP contribution is -2.08. The molecule has 0 saturated heterocycles. The van der Waals surface area contributed by atoms with E-state index in [1.165, 1.54) is 0 Å². The van der Waals surface area contributed by atoms with Crippen LogP contribution in [0.2, 0.25) is 0 Å². The highest BCUT2D eigenvalue weighted by Gasteiger charge is 2.19. The van der Waals surface area contributed by atoms with Crippen LogP contribution in [0.1, 0.15) is 31.9 Å². The van der Waals surface area contributed by atoms with Crippen LogP contribution in [0.4, 0.5) is 0 Å². The van der Waals surface area contributed by atoms with Gasteiger partial charge in [-0.15, -0.1) is 0 Å². The topological polar surface area (TPSA) is 30.0 Å². The van der Waals surface area contributed by atoms with Gasteiger partial charge < -0.3 is 0 Å². The second-order valence-corrected chi connectivity index (χ2v) is 5.31. The maximum Gasteiger partial charge on any atom is 0.180 e. The van der Waals surface area contributed by atoms with E-state index in [-0.39, 0.29) is 10.6 Å². The summed E-state index contributed by atoms with van der Waals surface area (Å²) in [4.78, 5) is 16.1. The molecule has 1 aromatic heterocycles. The van der Waals surface area contributed by atoms with E-state index in [4.69, 9.17) is 0 Å². The van der Waals surface area contributed by atoms with Crippen LogP contribution < -0.4 is 0 Å². The van der Waals surface area contributed by atoms with Crippen LogP contribution in [-0.4, -0.2) is 10.8 Å². The number of Topliss-reactive ketones (excluding diaryl/α,β-unsaturated/α-hetero) is 1. The summed E-state index contributed by atoms with van der Waals surface area (Å²) in [5.74, 6) is 0.0646. The molecule has 2 aromatic rings. The maximum absolute atomic E-state index is 12.4. The van der Waals surface area contributed by atoms with Crippen molar-refractivity contribution in [2.45, 2.75) is 18.7 Å². The highest BCUT2D eigenvalue weighted by atomic mass is 79.9. The second kappa shape index (κ2) is 5.44. The third-order valence-electron chi connectivity index (χ3n) is 2.71. The molecule has 0 bridgehead atoms. The molecule has 0 aliphatic heterocycles. The molecule has 0 saturated carbocycles. The van der Waals surface area contributed by atoms with Crippen molar-refractivity contribution < 1.29 is 4.79 Å². The molecule has 2 rings (SSSR count). The van der Waals surface area contributed by atoms with Crippen molar-refractivity contribution >= 4 is 21.7 Å². The molecule has 2 nitrogen and oxygen atoms in total. The normalized spacial score (nSPS) is 12.2. The average Bonchev–Trinajstić information content (AvgIpc) is 2.37. The van der Waals surface area contributed by atoms with Crippen LogP contribution in [0.15, 0.2) is 42.7 Å². The van der Waals surface area contributed by atoms with Crippen LogP contribution in [0.5, 0.6) is 0 Å². The van der Waals surface area contributed by atoms with Gasteiger partial charge >= 0.3 is 0 Å². The number of halogens is 1. The minimum atomic E-state index is -0.340. The first-order valence-corrected chi connectivity index (χ1v) is 6.66. The summed E-state index contributed by atoms with van der Waals surface area (Å²) >= 11 is 3.45. The molecule has 18 heavy (non-hydrogen) atoms. The van der Waals surface area contributed by atoms with E-state index in [2.05, 4.69) is 27.0 Å². The Morgan fingerprint density at radius 3 is 2.44 bits per heavy atom. The zero-order valence-corrected chi connectivity index (χ0v) is 11.9. The number of hydrogen-bond donors (Lipinski definition) is 0. The smallest absolute Gasteiger partial charge is 0.180 e. The Morgan fingerprint density at radius 2 is 1.89 bits per heavy atom. The lowest BCUT2D eigenvalue weighted by atomic mass is 10.0. The molecule has 0 aliphatic carbocycles. The van der Waals surface area contributed by atoms with Crippen molar-refractivity contribution in [2.24, 2.45) is 0 Å². The average molecular weight is 304 g/mol. The Balaban J connectivity index is 2.31. The number of rotatable bonds is 3. The minimum Gasteiger partial charge on any atom is -0.293 e. The van der Waals surface area contributed by atoms with Crippen LogP contribution >= 0.6 is 15.9 Å². The molecule has 0 spiro atoms. The number of ketones is 1. The number of aryl methyl sites for hydroxylation is 2. The van der Waals surface area contributed by atoms with Crippen molar-refractivity contribution in [1.29, 1.82) is 0 Å². The van der Waals surface area contributed by atoms with Gasteiger partial charge in [0.15, 0.2) is 5.78 Å². The number of aromatic nitrogens is 1. The Labute approximate surface area is 115 Å². The summed E-state index contributed by atoms with van der Waals surface area (Å²) in [5, 5.41) is 0. The summed E-state index contributed by atoms with van der Waals surface area (Å²) < 4.78 is 0. The van der Waals surface area contributed by atoms with E-state index in [0.29, 0.717) is 0 Å². The minimum absolute atomic E-state index is 0.0646. The van der Waals surface area contributed by atoms with Crippen molar-refractivity contribution in [2.75, 3.05) is 0 Å². The van der Waals surface area contributed by atoms with Gasteiger partial charge in [0.2, 0.25) is 0 Å². The van der Waals surface area contributed by atoms with E-state index in [1.807, 2.05) is 38.1 Å². The number of carbonyl (C=O) groups excluding carboxylic acids is 1. The van der Waals surface area contributed by atoms with E-state index < -0.39 is 0 Å². The first-order chi connectivity index (χ1) is 8.58. The van der Waals surface area contributed by atoms with Crippen LogP contribution in [0.25, 0.3) is 0 Å². The second-order valence-electron chi connectivity index (χ2n) is 4.39. The fourth-order valence-corrected chi connectivity index (χ4v) is 2.48. The molecule has 92 valence electrons. The highest BCUT2D eigenvalue weighted by Crippen LogP contribution is 2.27. The molecule has 0 radical (unpaired) electrons. The van der Waals surface area contributed by atoms with E-state index in [1.54, 1.807) is 12.4 Å². The lowest BCUT2D eigenvalue weighted by molar-refractivity contribution is 0.0991. The Bertz CT molecular complexity index is 546. The number of alkyl halides is 1. The molecule has 1 heterocycles. The van der Waals surface area contributed by atoms with Crippen molar-refractivity contribution in [1.82, 2.24) is 4.98 Å². The molecule has 1 atom stereocenters. The van der Waals surface area contributed by atoms with E-state index in [9.17, 15) is 4.79 Å². The molecular weight excluding hydrogens is 290 g/mol. The zero-order valence-electron chi connectivity index (χ0n) is 10.4. The standard InChI is InChI=1S/C15H14BrNO/c1-10-6-11(2)8-13(7-10)15(18)14(16)12-4-3-5-17-9-12/h3-9,14H,1-2H3/t14-/m0/s1. The first-order valence-electron chi connectivity index (χ1n) is 5.74. The molecular formula is C15H14BrNO. The van der Waals surface area contributed by atoms with Gasteiger partial charge in [0.05, 0.1) is 0 Å². The van der Waals surface area contributed by atoms with Crippen LogP contribution in [0, 0.1) is 13.8 Å². The van der Waals surface area contributed by atoms with Gasteiger partial charge in [-0.25, -0.2) is 0 Å². The monoisotopic (exact) mass is 303 g/mol. The molecule has 1 aromatic carbocycles. The van der Waals surface area contributed by atoms with Crippen molar-refractivity contribution in [3.63, 3.8) is 0 Å². The number of hydrogen-bond acceptors (Lipinski definition) is 2. The number of pyridine rings is 1. The Kier molecular flexibility index (Phi) is 3.92. The highest BCUT2D eigenvalue weighted by molar-refractivity contribution is 9.09. The number of carbonyl (C=O) groups is 1. The van der Waals surface area contributed by atoms with Gasteiger partial charge in [-0.05, 0) is 37.6 Å². The lowest BCUT2D eigenvalue weighted by Gasteiger charge is -2.10. The third-order valence-corrected chi connectivity index (χ3v) is 3.66. The van der Waals surface area contributed by atoms with Crippen LogP contribution in [0.3, 0.4) is 0 Å². The molecule has 0 amide bonds. The predicted molar refractivity (Wildman–Crippen MR) is 76.2 cm³/mol. The quantitative estimate of drug-likeness (QED) is 0.633. The molecule has 0 N–H and O–H groups in total. The molecule has 3 heteroatoms. The first kappa shape index (κ1) is 13.0. The summed E-state index contributed by atoms with van der Waals surface area (Å²) in [6.45, 7) is 3.99. The third kappa shape index (κ3) is 2.85. The maximum atomic E-state index is 12.4. The Hall–Kier alpha value is -1.48. The summed E-state index contributed by atoms with van der Waals surface area (Å²) in [6, 6.07) is 9.62. The Morgan fingerprint density at radius 1 is 1.22 bits per heavy atom. The largest absolute Gasteiger partial charge is 0.293 e. The summed E-state index contributed by atoms with van der Waals surface area (Å²) in [7, 11) is 0. The molecule has 0 fully saturated rings. The zero-order chi connectivity index (χ0) is 13.1. The van der Waals surface area contributed by atoms with Gasteiger partial charge in [0, 0.05) is 18.0 Å². The predicted octanol–water partition coefficient (Wildman–Crippen LogP) is 4.02. The fourth-order valence-electron chi connectivity index (χ4n) is 1.94. The van der Waals surface area contributed by atoms with Crippen molar-refractivity contribution in [3.8, 4) is 0 Å². The summed E-state index contributed by atoms with van der Waals surface area (Å²) in [5.41, 5.74) is 3.81. The van der Waals surface area contributed by atoms with Crippen molar-refractivity contribution in [3.05, 3.63) is 65.0 Å². The SMILES string of the molecule is Cc1cc(C)cc(C(=O)[C@@H](Br)c2cccnc2)c1. The fraction of sp³-hybridized carbons (Fsp3) is 0.200. The molecule has 0 aliphatic rings. The van der Waals surface area contributed by atoms with Gasteiger partial charge in [-0.1, -0.05) is 39.2 Å².